The average Bonchev–Trinajstić information content (AvgIpc) is 2.68. The standard InChI is InChI=1S/C19H21N3O5/c1-14-4-2-3-5-18(14)27-13-19(23)20-15-6-7-16(17(12-15)22(24)25)21-8-10-26-11-9-21/h2-7,12H,8-11,13H2,1H3,(H,20,23). The van der Waals surface area contributed by atoms with Gasteiger partial charge in [0.1, 0.15) is 11.4 Å². The molecule has 2 aromatic carbocycles. The van der Waals surface area contributed by atoms with Gasteiger partial charge >= 0.3 is 0 Å². The Bertz CT molecular complexity index is 834. The number of rotatable bonds is 6. The number of nitrogens with one attached hydrogen (secondary N) is 1. The lowest BCUT2D eigenvalue weighted by atomic mass is 10.2. The molecule has 8 heteroatoms. The van der Waals surface area contributed by atoms with Crippen LogP contribution in [0.5, 0.6) is 5.75 Å². The number of nitrogens with zero attached hydrogens (tertiary/aromatic N) is 2. The second-order valence-corrected chi connectivity index (χ2v) is 6.16. The van der Waals surface area contributed by atoms with Crippen LogP contribution in [-0.4, -0.2) is 43.7 Å². The van der Waals surface area contributed by atoms with Crippen molar-refractivity contribution in [2.45, 2.75) is 6.92 Å². The van der Waals surface area contributed by atoms with Crippen molar-refractivity contribution in [3.8, 4) is 5.75 Å². The quantitative estimate of drug-likeness (QED) is 0.620. The maximum absolute atomic E-state index is 12.1. The molecule has 1 amide bonds. The SMILES string of the molecule is Cc1ccccc1OCC(=O)Nc1ccc(N2CCOCC2)c([N+](=O)[O-])c1. The van der Waals surface area contributed by atoms with Gasteiger partial charge in [-0.3, -0.25) is 14.9 Å². The molecule has 0 saturated carbocycles. The van der Waals surface area contributed by atoms with Crippen molar-refractivity contribution in [2.75, 3.05) is 43.1 Å². The molecule has 1 aliphatic heterocycles. The molecule has 0 aromatic heterocycles. The predicted molar refractivity (Wildman–Crippen MR) is 101 cm³/mol. The zero-order valence-corrected chi connectivity index (χ0v) is 15.0. The second kappa shape index (κ2) is 8.50. The summed E-state index contributed by atoms with van der Waals surface area (Å²) in [7, 11) is 0. The average molecular weight is 371 g/mol. The summed E-state index contributed by atoms with van der Waals surface area (Å²) < 4.78 is 10.8. The third-order valence-electron chi connectivity index (χ3n) is 4.26. The summed E-state index contributed by atoms with van der Waals surface area (Å²) in [5.41, 5.74) is 1.76. The largest absolute Gasteiger partial charge is 0.483 e. The molecule has 0 atom stereocenters. The number of morpholine rings is 1. The number of aryl methyl sites for hydroxylation is 1. The minimum atomic E-state index is -0.440. The Labute approximate surface area is 156 Å². The minimum Gasteiger partial charge on any atom is -0.483 e. The number of para-hydroxylation sites is 1. The summed E-state index contributed by atoms with van der Waals surface area (Å²) >= 11 is 0. The lowest BCUT2D eigenvalue weighted by Gasteiger charge is -2.28. The number of hydrogen-bond donors (Lipinski definition) is 1. The van der Waals surface area contributed by atoms with E-state index >= 15 is 0 Å². The van der Waals surface area contributed by atoms with E-state index in [9.17, 15) is 14.9 Å². The van der Waals surface area contributed by atoms with Gasteiger partial charge in [-0.2, -0.15) is 0 Å². The summed E-state index contributed by atoms with van der Waals surface area (Å²) in [6.45, 7) is 3.97. The third-order valence-corrected chi connectivity index (χ3v) is 4.26. The Kier molecular flexibility index (Phi) is 5.87. The predicted octanol–water partition coefficient (Wildman–Crippen LogP) is 2.76. The number of carbonyl (C=O) groups excluding carboxylic acids is 1. The molecule has 142 valence electrons. The van der Waals surface area contributed by atoms with Crippen molar-refractivity contribution in [1.29, 1.82) is 0 Å². The Hall–Kier alpha value is -3.13. The Morgan fingerprint density at radius 2 is 2.00 bits per heavy atom. The topological polar surface area (TPSA) is 93.9 Å². The molecule has 0 radical (unpaired) electrons. The summed E-state index contributed by atoms with van der Waals surface area (Å²) in [6, 6.07) is 12.1. The lowest BCUT2D eigenvalue weighted by Crippen LogP contribution is -2.36. The fraction of sp³-hybridized carbons (Fsp3) is 0.316. The molecule has 1 saturated heterocycles. The van der Waals surface area contributed by atoms with Crippen LogP contribution in [0.15, 0.2) is 42.5 Å². The van der Waals surface area contributed by atoms with Crippen LogP contribution in [0.1, 0.15) is 5.56 Å². The van der Waals surface area contributed by atoms with Gasteiger partial charge in [-0.25, -0.2) is 0 Å². The molecule has 1 N–H and O–H groups in total. The molecule has 0 spiro atoms. The van der Waals surface area contributed by atoms with E-state index < -0.39 is 4.92 Å². The van der Waals surface area contributed by atoms with Crippen molar-refractivity contribution < 1.29 is 19.2 Å². The summed E-state index contributed by atoms with van der Waals surface area (Å²) in [6.07, 6.45) is 0. The van der Waals surface area contributed by atoms with E-state index in [1.165, 1.54) is 6.07 Å². The molecule has 1 fully saturated rings. The normalized spacial score (nSPS) is 13.9. The molecule has 2 aromatic rings. The highest BCUT2D eigenvalue weighted by molar-refractivity contribution is 5.92. The van der Waals surface area contributed by atoms with Gasteiger partial charge in [-0.15, -0.1) is 0 Å². The van der Waals surface area contributed by atoms with Crippen molar-refractivity contribution in [2.24, 2.45) is 0 Å². The molecule has 0 unspecified atom stereocenters. The highest BCUT2D eigenvalue weighted by Crippen LogP contribution is 2.31. The van der Waals surface area contributed by atoms with Crippen LogP contribution in [0.2, 0.25) is 0 Å². The maximum atomic E-state index is 12.1. The van der Waals surface area contributed by atoms with Crippen LogP contribution < -0.4 is 15.0 Å². The van der Waals surface area contributed by atoms with Gasteiger partial charge in [-0.05, 0) is 30.7 Å². The van der Waals surface area contributed by atoms with Crippen LogP contribution in [-0.2, 0) is 9.53 Å². The van der Waals surface area contributed by atoms with Crippen molar-refractivity contribution in [3.05, 3.63) is 58.1 Å². The van der Waals surface area contributed by atoms with Gasteiger partial charge in [-0.1, -0.05) is 18.2 Å². The zero-order valence-electron chi connectivity index (χ0n) is 15.0. The fourth-order valence-corrected chi connectivity index (χ4v) is 2.88. The number of ether oxygens (including phenoxy) is 2. The highest BCUT2D eigenvalue weighted by Gasteiger charge is 2.22. The minimum absolute atomic E-state index is 0.0467. The van der Waals surface area contributed by atoms with E-state index in [0.717, 1.165) is 5.56 Å². The van der Waals surface area contributed by atoms with Gasteiger partial charge < -0.3 is 19.7 Å². The zero-order chi connectivity index (χ0) is 19.2. The van der Waals surface area contributed by atoms with E-state index in [0.29, 0.717) is 43.4 Å². The number of nitro benzene ring substituents is 1. The number of nitro groups is 1. The molecule has 1 heterocycles. The Balaban J connectivity index is 1.67. The smallest absolute Gasteiger partial charge is 0.294 e. The third kappa shape index (κ3) is 4.73. The van der Waals surface area contributed by atoms with Crippen molar-refractivity contribution >= 4 is 23.0 Å². The van der Waals surface area contributed by atoms with Crippen LogP contribution in [0.3, 0.4) is 0 Å². The van der Waals surface area contributed by atoms with E-state index in [1.807, 2.05) is 30.0 Å². The van der Waals surface area contributed by atoms with Crippen molar-refractivity contribution in [3.63, 3.8) is 0 Å². The van der Waals surface area contributed by atoms with E-state index in [2.05, 4.69) is 5.32 Å². The second-order valence-electron chi connectivity index (χ2n) is 6.16. The van der Waals surface area contributed by atoms with Crippen LogP contribution in [0.4, 0.5) is 17.1 Å². The van der Waals surface area contributed by atoms with Gasteiger partial charge in [0.15, 0.2) is 6.61 Å². The first-order valence-electron chi connectivity index (χ1n) is 8.64. The molecular weight excluding hydrogens is 350 g/mol. The number of benzene rings is 2. The first-order chi connectivity index (χ1) is 13.0. The maximum Gasteiger partial charge on any atom is 0.294 e. The molecule has 8 nitrogen and oxygen atoms in total. The monoisotopic (exact) mass is 371 g/mol. The first-order valence-corrected chi connectivity index (χ1v) is 8.64. The van der Waals surface area contributed by atoms with Gasteiger partial charge in [0.2, 0.25) is 0 Å². The van der Waals surface area contributed by atoms with Gasteiger partial charge in [0, 0.05) is 24.8 Å². The van der Waals surface area contributed by atoms with E-state index in [1.54, 1.807) is 18.2 Å². The van der Waals surface area contributed by atoms with Gasteiger partial charge in [0.05, 0.1) is 18.1 Å². The number of carbonyl (C=O) groups is 1. The van der Waals surface area contributed by atoms with Crippen LogP contribution >= 0.6 is 0 Å². The Morgan fingerprint density at radius 3 is 2.70 bits per heavy atom. The molecule has 27 heavy (non-hydrogen) atoms. The first kappa shape index (κ1) is 18.7. The highest BCUT2D eigenvalue weighted by atomic mass is 16.6. The number of hydrogen-bond acceptors (Lipinski definition) is 6. The van der Waals surface area contributed by atoms with Gasteiger partial charge in [0.25, 0.3) is 11.6 Å². The number of anilines is 2. The lowest BCUT2D eigenvalue weighted by molar-refractivity contribution is -0.384. The fourth-order valence-electron chi connectivity index (χ4n) is 2.88. The molecule has 1 aliphatic rings. The molecule has 0 bridgehead atoms. The molecule has 0 aliphatic carbocycles. The number of amides is 1. The van der Waals surface area contributed by atoms with E-state index in [4.69, 9.17) is 9.47 Å². The van der Waals surface area contributed by atoms with Crippen LogP contribution in [0.25, 0.3) is 0 Å². The molecular formula is C19H21N3O5. The van der Waals surface area contributed by atoms with Crippen molar-refractivity contribution in [1.82, 2.24) is 0 Å². The molecule has 3 rings (SSSR count). The van der Waals surface area contributed by atoms with E-state index in [-0.39, 0.29) is 18.2 Å². The summed E-state index contributed by atoms with van der Waals surface area (Å²) in [4.78, 5) is 25.1. The summed E-state index contributed by atoms with van der Waals surface area (Å²) in [5, 5.41) is 14.1. The summed E-state index contributed by atoms with van der Waals surface area (Å²) in [5.74, 6) is 0.243. The Morgan fingerprint density at radius 1 is 1.26 bits per heavy atom. The van der Waals surface area contributed by atoms with Crippen LogP contribution in [0, 0.1) is 17.0 Å².